The van der Waals surface area contributed by atoms with Crippen LogP contribution in [0.2, 0.25) is 5.32 Å². The van der Waals surface area contributed by atoms with E-state index in [0.717, 1.165) is 0 Å². The molecule has 0 spiro atoms. The normalized spacial score (nSPS) is 19.1. The van der Waals surface area contributed by atoms with Gasteiger partial charge < -0.3 is 0 Å². The first kappa shape index (κ1) is 8.52. The maximum atomic E-state index is 2.34. The third-order valence-corrected chi connectivity index (χ3v) is 5.23. The van der Waals surface area contributed by atoms with Crippen molar-refractivity contribution in [2.75, 3.05) is 0 Å². The molecule has 0 radical (unpaired) electrons. The van der Waals surface area contributed by atoms with Gasteiger partial charge in [-0.05, 0) is 0 Å². The van der Waals surface area contributed by atoms with E-state index < -0.39 is 0 Å². The van der Waals surface area contributed by atoms with Crippen LogP contribution < -0.4 is 0 Å². The van der Waals surface area contributed by atoms with Gasteiger partial charge in [-0.3, -0.25) is 0 Å². The second-order valence-electron chi connectivity index (χ2n) is 3.72. The Hall–Kier alpha value is -0.781. The standard InChI is InChI=1S/C13H12Se/c1-2-6-12-10(4-1)7-8-11-5-3-9-14-13(11)12/h1-6H,7-9H2. The molecular formula is C13H12Se. The average Bonchev–Trinajstić information content (AvgIpc) is 2.29. The van der Waals surface area contributed by atoms with Crippen molar-refractivity contribution in [3.05, 3.63) is 53.1 Å². The van der Waals surface area contributed by atoms with E-state index in [4.69, 9.17) is 0 Å². The van der Waals surface area contributed by atoms with Crippen molar-refractivity contribution in [1.82, 2.24) is 0 Å². The molecule has 0 N–H and O–H groups in total. The summed E-state index contributed by atoms with van der Waals surface area (Å²) in [6.07, 6.45) is 7.17. The van der Waals surface area contributed by atoms with Crippen LogP contribution in [0.5, 0.6) is 0 Å². The number of rotatable bonds is 0. The first-order chi connectivity index (χ1) is 6.95. The molecule has 14 heavy (non-hydrogen) atoms. The molecule has 3 rings (SSSR count). The molecule has 0 bridgehead atoms. The second kappa shape index (κ2) is 3.42. The molecular weight excluding hydrogens is 235 g/mol. The molecule has 1 heterocycles. The Kier molecular flexibility index (Phi) is 2.08. The van der Waals surface area contributed by atoms with Gasteiger partial charge in [0.15, 0.2) is 0 Å². The second-order valence-corrected chi connectivity index (χ2v) is 5.89. The Labute approximate surface area is 90.9 Å². The van der Waals surface area contributed by atoms with E-state index in [1.807, 2.05) is 0 Å². The van der Waals surface area contributed by atoms with Crippen molar-refractivity contribution in [3.8, 4) is 0 Å². The van der Waals surface area contributed by atoms with E-state index >= 15 is 0 Å². The molecule has 1 aliphatic carbocycles. The van der Waals surface area contributed by atoms with Crippen molar-refractivity contribution >= 4 is 19.4 Å². The zero-order chi connectivity index (χ0) is 9.38. The van der Waals surface area contributed by atoms with E-state index in [0.29, 0.717) is 15.0 Å². The van der Waals surface area contributed by atoms with Gasteiger partial charge in [0.2, 0.25) is 0 Å². The van der Waals surface area contributed by atoms with Gasteiger partial charge in [-0.15, -0.1) is 0 Å². The summed E-state index contributed by atoms with van der Waals surface area (Å²) in [7, 11) is 0. The molecule has 0 atom stereocenters. The van der Waals surface area contributed by atoms with Crippen molar-refractivity contribution in [1.29, 1.82) is 0 Å². The number of hydrogen-bond acceptors (Lipinski definition) is 0. The molecule has 70 valence electrons. The van der Waals surface area contributed by atoms with Gasteiger partial charge in [0, 0.05) is 0 Å². The average molecular weight is 247 g/mol. The summed E-state index contributed by atoms with van der Waals surface area (Å²) < 4.78 is 1.67. The number of allylic oxidation sites excluding steroid dienone is 3. The Bertz CT molecular complexity index is 427. The van der Waals surface area contributed by atoms with Crippen LogP contribution in [0.1, 0.15) is 17.5 Å². The Morgan fingerprint density at radius 3 is 3.00 bits per heavy atom. The third-order valence-electron chi connectivity index (χ3n) is 2.86. The molecule has 0 aromatic heterocycles. The van der Waals surface area contributed by atoms with Gasteiger partial charge in [-0.1, -0.05) is 0 Å². The first-order valence-electron chi connectivity index (χ1n) is 5.06. The van der Waals surface area contributed by atoms with Crippen LogP contribution >= 0.6 is 0 Å². The summed E-state index contributed by atoms with van der Waals surface area (Å²) in [6, 6.07) is 8.91. The van der Waals surface area contributed by atoms with Gasteiger partial charge in [0.25, 0.3) is 0 Å². The number of aryl methyl sites for hydroxylation is 1. The van der Waals surface area contributed by atoms with E-state index in [1.54, 1.807) is 15.6 Å². The molecule has 0 saturated heterocycles. The number of hydrogen-bond donors (Lipinski definition) is 0. The van der Waals surface area contributed by atoms with Crippen LogP contribution in [0.25, 0.3) is 4.47 Å². The van der Waals surface area contributed by atoms with Gasteiger partial charge in [-0.2, -0.15) is 0 Å². The first-order valence-corrected chi connectivity index (χ1v) is 7.13. The third kappa shape index (κ3) is 1.28. The Balaban J connectivity index is 2.18. The van der Waals surface area contributed by atoms with Crippen molar-refractivity contribution in [2.24, 2.45) is 0 Å². The van der Waals surface area contributed by atoms with E-state index in [1.165, 1.54) is 23.7 Å². The predicted molar refractivity (Wildman–Crippen MR) is 61.4 cm³/mol. The Morgan fingerprint density at radius 2 is 2.00 bits per heavy atom. The van der Waals surface area contributed by atoms with E-state index in [2.05, 4.69) is 36.4 Å². The van der Waals surface area contributed by atoms with Crippen molar-refractivity contribution < 1.29 is 0 Å². The van der Waals surface area contributed by atoms with Crippen molar-refractivity contribution in [3.63, 3.8) is 0 Å². The zero-order valence-electron chi connectivity index (χ0n) is 7.99. The fourth-order valence-electron chi connectivity index (χ4n) is 2.17. The number of fused-ring (bicyclic) bond motifs is 2. The molecule has 1 aliphatic heterocycles. The SMILES string of the molecule is C1=CC2=C([Se]C1)c1ccccc1CC2. The summed E-state index contributed by atoms with van der Waals surface area (Å²) in [6.45, 7) is 0. The van der Waals surface area contributed by atoms with Gasteiger partial charge >= 0.3 is 90.7 Å². The van der Waals surface area contributed by atoms with Crippen LogP contribution in [0.3, 0.4) is 0 Å². The molecule has 0 saturated carbocycles. The zero-order valence-corrected chi connectivity index (χ0v) is 9.71. The Morgan fingerprint density at radius 1 is 1.07 bits per heavy atom. The summed E-state index contributed by atoms with van der Waals surface area (Å²) >= 11 is 0.681. The summed E-state index contributed by atoms with van der Waals surface area (Å²) in [5, 5.41) is 1.28. The van der Waals surface area contributed by atoms with Crippen LogP contribution in [-0.4, -0.2) is 15.0 Å². The van der Waals surface area contributed by atoms with E-state index in [-0.39, 0.29) is 0 Å². The molecule has 1 aromatic rings. The summed E-state index contributed by atoms with van der Waals surface area (Å²) in [4.78, 5) is 0. The molecule has 0 unspecified atom stereocenters. The quantitative estimate of drug-likeness (QED) is 0.618. The maximum absolute atomic E-state index is 2.34. The van der Waals surface area contributed by atoms with Gasteiger partial charge in [0.1, 0.15) is 0 Å². The molecule has 1 aromatic carbocycles. The van der Waals surface area contributed by atoms with Crippen LogP contribution in [0.4, 0.5) is 0 Å². The fraction of sp³-hybridized carbons (Fsp3) is 0.231. The molecule has 0 fully saturated rings. The van der Waals surface area contributed by atoms with Crippen LogP contribution in [-0.2, 0) is 6.42 Å². The molecule has 2 aliphatic rings. The summed E-state index contributed by atoms with van der Waals surface area (Å²) in [5.74, 6) is 0. The van der Waals surface area contributed by atoms with E-state index in [9.17, 15) is 0 Å². The van der Waals surface area contributed by atoms with Gasteiger partial charge in [-0.25, -0.2) is 0 Å². The van der Waals surface area contributed by atoms with Crippen LogP contribution in [0, 0.1) is 0 Å². The van der Waals surface area contributed by atoms with Gasteiger partial charge in [0.05, 0.1) is 0 Å². The van der Waals surface area contributed by atoms with Crippen LogP contribution in [0.15, 0.2) is 42.0 Å². The molecule has 0 nitrogen and oxygen atoms in total. The topological polar surface area (TPSA) is 0 Å². The number of benzene rings is 1. The fourth-order valence-corrected chi connectivity index (χ4v) is 4.41. The molecule has 1 heteroatoms. The predicted octanol–water partition coefficient (Wildman–Crippen LogP) is 3.04. The van der Waals surface area contributed by atoms with Crippen molar-refractivity contribution in [2.45, 2.75) is 18.2 Å². The minimum absolute atomic E-state index is 0.681. The molecule has 0 amide bonds. The summed E-state index contributed by atoms with van der Waals surface area (Å²) in [5.41, 5.74) is 4.71. The monoisotopic (exact) mass is 248 g/mol. The minimum atomic E-state index is 0.681.